The van der Waals surface area contributed by atoms with Gasteiger partial charge >= 0.3 is 5.97 Å². The summed E-state index contributed by atoms with van der Waals surface area (Å²) in [6.45, 7) is 5.34. The monoisotopic (exact) mass is 592 g/mol. The first-order chi connectivity index (χ1) is 20.4. The second kappa shape index (κ2) is 13.7. The van der Waals surface area contributed by atoms with Gasteiger partial charge in [0, 0.05) is 18.4 Å². The number of halogens is 2. The second-order valence-electron chi connectivity index (χ2n) is 11.1. The highest BCUT2D eigenvalue weighted by Gasteiger charge is 2.20. The van der Waals surface area contributed by atoms with E-state index in [1.165, 1.54) is 71.3 Å². The van der Waals surface area contributed by atoms with Crippen molar-refractivity contribution in [3.8, 4) is 5.69 Å². The van der Waals surface area contributed by atoms with Crippen LogP contribution in [0, 0.1) is 11.6 Å². The smallest absolute Gasteiger partial charge is 0.306 e. The van der Waals surface area contributed by atoms with E-state index in [0.717, 1.165) is 0 Å². The average molecular weight is 593 g/mol. The number of ether oxygens (including phenoxy) is 1. The highest BCUT2D eigenvalue weighted by Crippen LogP contribution is 2.20. The van der Waals surface area contributed by atoms with E-state index in [1.54, 1.807) is 20.8 Å². The van der Waals surface area contributed by atoms with Crippen molar-refractivity contribution in [3.63, 3.8) is 0 Å². The normalized spacial score (nSPS) is 12.2. The molecule has 0 aliphatic rings. The molecule has 4 aromatic rings. The molecule has 3 aromatic carbocycles. The Hall–Kier alpha value is -4.48. The molecule has 0 saturated carbocycles. The summed E-state index contributed by atoms with van der Waals surface area (Å²) in [6.07, 6.45) is 1.57. The first kappa shape index (κ1) is 31.5. The van der Waals surface area contributed by atoms with Crippen molar-refractivity contribution in [3.05, 3.63) is 106 Å². The van der Waals surface area contributed by atoms with Gasteiger partial charge in [-0.25, -0.2) is 19.7 Å². The number of hydrogen-bond acceptors (Lipinski definition) is 7. The van der Waals surface area contributed by atoms with Gasteiger partial charge in [0.1, 0.15) is 23.1 Å². The van der Waals surface area contributed by atoms with Crippen LogP contribution in [0.2, 0.25) is 0 Å². The van der Waals surface area contributed by atoms with Gasteiger partial charge in [-0.1, -0.05) is 12.1 Å². The highest BCUT2D eigenvalue weighted by molar-refractivity contribution is 5.98. The number of amides is 1. The minimum Gasteiger partial charge on any atom is -0.460 e. The van der Waals surface area contributed by atoms with Gasteiger partial charge in [0.25, 0.3) is 11.5 Å². The molecular formula is C32H34F2N4O5. The predicted molar refractivity (Wildman–Crippen MR) is 157 cm³/mol. The predicted octanol–water partition coefficient (Wildman–Crippen LogP) is 5.08. The summed E-state index contributed by atoms with van der Waals surface area (Å²) in [5.74, 6) is 4.00. The molecule has 43 heavy (non-hydrogen) atoms. The van der Waals surface area contributed by atoms with Crippen molar-refractivity contribution in [1.82, 2.24) is 14.9 Å². The lowest BCUT2D eigenvalue weighted by Crippen LogP contribution is -2.32. The third kappa shape index (κ3) is 8.30. The molecule has 11 heteroatoms. The lowest BCUT2D eigenvalue weighted by atomic mass is 10.1. The number of unbranched alkanes of at least 4 members (excludes halogenated alkanes) is 1. The van der Waals surface area contributed by atoms with Gasteiger partial charge in [-0.3, -0.25) is 19.0 Å². The fourth-order valence-corrected chi connectivity index (χ4v) is 4.60. The minimum absolute atomic E-state index is 0.0565. The van der Waals surface area contributed by atoms with Crippen LogP contribution in [-0.2, 0) is 20.8 Å². The Kier molecular flexibility index (Phi) is 9.99. The number of aryl methyl sites for hydroxylation is 1. The number of carbonyl (C=O) groups excluding carboxylic acids is 2. The molecule has 1 heterocycles. The van der Waals surface area contributed by atoms with Gasteiger partial charge in [0.2, 0.25) is 0 Å². The van der Waals surface area contributed by atoms with Crippen LogP contribution in [0.3, 0.4) is 0 Å². The van der Waals surface area contributed by atoms with Crippen molar-refractivity contribution in [1.29, 1.82) is 0 Å². The van der Waals surface area contributed by atoms with E-state index in [9.17, 15) is 23.2 Å². The zero-order valence-electron chi connectivity index (χ0n) is 24.2. The molecule has 4 rings (SSSR count). The van der Waals surface area contributed by atoms with Crippen LogP contribution >= 0.6 is 0 Å². The molecule has 9 nitrogen and oxygen atoms in total. The second-order valence-corrected chi connectivity index (χ2v) is 11.1. The van der Waals surface area contributed by atoms with E-state index in [-0.39, 0.29) is 35.5 Å². The van der Waals surface area contributed by atoms with Crippen LogP contribution in [0.15, 0.2) is 71.5 Å². The van der Waals surface area contributed by atoms with Gasteiger partial charge in [-0.05, 0) is 93.8 Å². The molecule has 3 N–H and O–H groups in total. The molecule has 0 aliphatic carbocycles. The molecular weight excluding hydrogens is 558 g/mol. The SMILES string of the molecule is CC(C)(C)OC(=O)CCCCc1nc2cc(C(=O)NC(CON)c3ccc(F)cc3)ccc2c(=O)n1-c1ccc(F)cc1. The quantitative estimate of drug-likeness (QED) is 0.141. The summed E-state index contributed by atoms with van der Waals surface area (Å²) < 4.78 is 33.9. The molecule has 0 aliphatic heterocycles. The Morgan fingerprint density at radius 1 is 0.977 bits per heavy atom. The first-order valence-corrected chi connectivity index (χ1v) is 13.9. The number of carbonyl (C=O) groups is 2. The molecule has 0 bridgehead atoms. The number of esters is 1. The third-order valence-electron chi connectivity index (χ3n) is 6.58. The largest absolute Gasteiger partial charge is 0.460 e. The topological polar surface area (TPSA) is 126 Å². The maximum Gasteiger partial charge on any atom is 0.306 e. The van der Waals surface area contributed by atoms with Crippen LogP contribution in [0.5, 0.6) is 0 Å². The van der Waals surface area contributed by atoms with E-state index in [0.29, 0.717) is 41.9 Å². The van der Waals surface area contributed by atoms with Crippen molar-refractivity contribution in [2.24, 2.45) is 5.90 Å². The maximum absolute atomic E-state index is 13.7. The first-order valence-electron chi connectivity index (χ1n) is 13.9. The van der Waals surface area contributed by atoms with Gasteiger partial charge < -0.3 is 14.9 Å². The zero-order valence-corrected chi connectivity index (χ0v) is 24.2. The summed E-state index contributed by atoms with van der Waals surface area (Å²) in [6, 6.07) is 14.9. The van der Waals surface area contributed by atoms with Crippen LogP contribution in [-0.4, -0.2) is 33.6 Å². The minimum atomic E-state index is -0.659. The Morgan fingerprint density at radius 2 is 1.63 bits per heavy atom. The Balaban J connectivity index is 1.63. The van der Waals surface area contributed by atoms with E-state index in [2.05, 4.69) is 5.32 Å². The van der Waals surface area contributed by atoms with E-state index >= 15 is 0 Å². The van der Waals surface area contributed by atoms with Crippen molar-refractivity contribution in [2.75, 3.05) is 6.61 Å². The molecule has 0 radical (unpaired) electrons. The third-order valence-corrected chi connectivity index (χ3v) is 6.58. The van der Waals surface area contributed by atoms with Gasteiger partial charge in [0.05, 0.1) is 29.2 Å². The Morgan fingerprint density at radius 3 is 2.26 bits per heavy atom. The Labute approximate surface area is 247 Å². The lowest BCUT2D eigenvalue weighted by Gasteiger charge is -2.19. The molecule has 0 fully saturated rings. The van der Waals surface area contributed by atoms with Crippen LogP contribution < -0.4 is 16.8 Å². The average Bonchev–Trinajstić information content (AvgIpc) is 2.95. The van der Waals surface area contributed by atoms with E-state index in [4.69, 9.17) is 20.5 Å². The van der Waals surface area contributed by atoms with Gasteiger partial charge in [-0.15, -0.1) is 0 Å². The maximum atomic E-state index is 13.7. The number of aromatic nitrogens is 2. The summed E-state index contributed by atoms with van der Waals surface area (Å²) in [5, 5.41) is 3.08. The van der Waals surface area contributed by atoms with E-state index < -0.39 is 29.2 Å². The van der Waals surface area contributed by atoms with Gasteiger partial charge in [0.15, 0.2) is 0 Å². The number of hydrogen-bond donors (Lipinski definition) is 2. The number of nitrogens with zero attached hydrogens (tertiary/aromatic N) is 2. The van der Waals surface area contributed by atoms with Crippen molar-refractivity contribution >= 4 is 22.8 Å². The fraction of sp³-hybridized carbons (Fsp3) is 0.312. The van der Waals surface area contributed by atoms with E-state index in [1.807, 2.05) is 0 Å². The standard InChI is InChI=1S/C32H34F2N4O5/c1-32(2,3)43-29(39)7-5-4-6-28-36-26-18-21(30(40)37-27(19-42-35)20-8-11-22(33)12-9-20)10-17-25(26)31(41)38(28)24-15-13-23(34)14-16-24/h8-18,27H,4-7,19,35H2,1-3H3,(H,37,40). The summed E-state index contributed by atoms with van der Waals surface area (Å²) in [4.78, 5) is 48.5. The number of rotatable bonds is 11. The summed E-state index contributed by atoms with van der Waals surface area (Å²) in [7, 11) is 0. The Bertz CT molecular complexity index is 1650. The molecule has 226 valence electrons. The van der Waals surface area contributed by atoms with Gasteiger partial charge in [-0.2, -0.15) is 0 Å². The molecule has 1 unspecified atom stereocenters. The van der Waals surface area contributed by atoms with Crippen LogP contribution in [0.4, 0.5) is 8.78 Å². The number of nitrogens with two attached hydrogens (primary N) is 1. The molecule has 1 aromatic heterocycles. The van der Waals surface area contributed by atoms with Crippen LogP contribution in [0.25, 0.3) is 16.6 Å². The fourth-order valence-electron chi connectivity index (χ4n) is 4.60. The molecule has 0 saturated heterocycles. The van der Waals surface area contributed by atoms with Crippen molar-refractivity contribution in [2.45, 2.75) is 58.1 Å². The number of fused-ring (bicyclic) bond motifs is 1. The number of nitrogens with one attached hydrogen (secondary N) is 1. The molecule has 1 amide bonds. The lowest BCUT2D eigenvalue weighted by molar-refractivity contribution is -0.154. The summed E-state index contributed by atoms with van der Waals surface area (Å²) >= 11 is 0. The summed E-state index contributed by atoms with van der Waals surface area (Å²) in [5.41, 5.74) is 0.598. The molecule has 0 spiro atoms. The number of benzene rings is 3. The zero-order chi connectivity index (χ0) is 31.1. The highest BCUT2D eigenvalue weighted by atomic mass is 19.1. The van der Waals surface area contributed by atoms with Crippen LogP contribution in [0.1, 0.15) is 67.8 Å². The van der Waals surface area contributed by atoms with Crippen molar-refractivity contribution < 1.29 is 27.9 Å². The molecule has 1 atom stereocenters.